The number of benzene rings is 1. The first-order valence-electron chi connectivity index (χ1n) is 5.66. The summed E-state index contributed by atoms with van der Waals surface area (Å²) in [4.78, 5) is 0. The van der Waals surface area contributed by atoms with Crippen molar-refractivity contribution in [1.29, 1.82) is 0 Å². The molecule has 0 aliphatic carbocycles. The van der Waals surface area contributed by atoms with Crippen LogP contribution < -0.4 is 11.1 Å². The molecule has 0 amide bonds. The third kappa shape index (κ3) is 4.70. The Labute approximate surface area is 102 Å². The van der Waals surface area contributed by atoms with E-state index in [2.05, 4.69) is 16.5 Å². The van der Waals surface area contributed by atoms with E-state index >= 15 is 0 Å². The molecule has 4 nitrogen and oxygen atoms in total. The van der Waals surface area contributed by atoms with Crippen molar-refractivity contribution in [3.05, 3.63) is 47.5 Å². The van der Waals surface area contributed by atoms with Crippen molar-refractivity contribution < 1.29 is 5.21 Å². The van der Waals surface area contributed by atoms with Crippen LogP contribution in [0, 0.1) is 0 Å². The van der Waals surface area contributed by atoms with Gasteiger partial charge in [-0.05, 0) is 31.5 Å². The summed E-state index contributed by atoms with van der Waals surface area (Å²) in [5.41, 5.74) is 7.38. The van der Waals surface area contributed by atoms with Gasteiger partial charge in [-0.15, -0.1) is 0 Å². The van der Waals surface area contributed by atoms with E-state index in [4.69, 9.17) is 10.9 Å². The predicted octanol–water partition coefficient (Wildman–Crippen LogP) is 1.84. The molecular weight excluding hydrogens is 214 g/mol. The topological polar surface area (TPSA) is 70.6 Å². The lowest BCUT2D eigenvalue weighted by atomic mass is 10.1. The molecule has 0 fully saturated rings. The molecule has 0 aromatic heterocycles. The SMILES string of the molecule is C/C=C/CCNCc1cccc(/C(N)=N/O)c1. The molecule has 0 bridgehead atoms. The standard InChI is InChI=1S/C13H19N3O/c1-2-3-4-8-15-10-11-6-5-7-12(9-11)13(14)16-17/h2-3,5-7,9,15,17H,4,8,10H2,1H3,(H2,14,16)/b3-2+. The van der Waals surface area contributed by atoms with Gasteiger partial charge in [-0.2, -0.15) is 0 Å². The highest BCUT2D eigenvalue weighted by molar-refractivity contribution is 5.97. The van der Waals surface area contributed by atoms with E-state index in [0.717, 1.165) is 30.6 Å². The fourth-order valence-corrected chi connectivity index (χ4v) is 1.48. The van der Waals surface area contributed by atoms with Crippen LogP contribution in [0.5, 0.6) is 0 Å². The Bertz CT molecular complexity index is 399. The zero-order valence-electron chi connectivity index (χ0n) is 10.1. The van der Waals surface area contributed by atoms with Crippen LogP contribution in [0.15, 0.2) is 41.6 Å². The molecule has 17 heavy (non-hydrogen) atoms. The Balaban J connectivity index is 2.49. The van der Waals surface area contributed by atoms with Crippen LogP contribution in [0.4, 0.5) is 0 Å². The lowest BCUT2D eigenvalue weighted by molar-refractivity contribution is 0.318. The molecule has 0 atom stereocenters. The van der Waals surface area contributed by atoms with Crippen LogP contribution in [0.25, 0.3) is 0 Å². The zero-order valence-corrected chi connectivity index (χ0v) is 10.1. The van der Waals surface area contributed by atoms with Crippen molar-refractivity contribution in [2.75, 3.05) is 6.54 Å². The van der Waals surface area contributed by atoms with Crippen LogP contribution in [0.3, 0.4) is 0 Å². The number of nitrogens with zero attached hydrogens (tertiary/aromatic N) is 1. The summed E-state index contributed by atoms with van der Waals surface area (Å²) >= 11 is 0. The highest BCUT2D eigenvalue weighted by Gasteiger charge is 1.99. The summed E-state index contributed by atoms with van der Waals surface area (Å²) in [5, 5.41) is 14.9. The lowest BCUT2D eigenvalue weighted by Crippen LogP contribution is -2.16. The molecule has 0 aliphatic rings. The Hall–Kier alpha value is -1.81. The number of nitrogens with one attached hydrogen (secondary N) is 1. The Morgan fingerprint density at radius 1 is 1.53 bits per heavy atom. The lowest BCUT2D eigenvalue weighted by Gasteiger charge is -2.05. The fraction of sp³-hybridized carbons (Fsp3) is 0.308. The van der Waals surface area contributed by atoms with Crippen LogP contribution in [-0.2, 0) is 6.54 Å². The number of hydrogen-bond donors (Lipinski definition) is 3. The van der Waals surface area contributed by atoms with Gasteiger partial charge in [0.1, 0.15) is 0 Å². The highest BCUT2D eigenvalue weighted by Crippen LogP contribution is 2.04. The van der Waals surface area contributed by atoms with Crippen molar-refractivity contribution in [2.24, 2.45) is 10.9 Å². The summed E-state index contributed by atoms with van der Waals surface area (Å²) < 4.78 is 0. The van der Waals surface area contributed by atoms with E-state index < -0.39 is 0 Å². The van der Waals surface area contributed by atoms with Gasteiger partial charge in [-0.25, -0.2) is 0 Å². The minimum Gasteiger partial charge on any atom is -0.409 e. The number of hydrogen-bond acceptors (Lipinski definition) is 3. The summed E-state index contributed by atoms with van der Waals surface area (Å²) in [6.45, 7) is 3.74. The van der Waals surface area contributed by atoms with Gasteiger partial charge in [0.05, 0.1) is 0 Å². The summed E-state index contributed by atoms with van der Waals surface area (Å²) in [5.74, 6) is 0.140. The van der Waals surface area contributed by atoms with Crippen molar-refractivity contribution in [3.8, 4) is 0 Å². The van der Waals surface area contributed by atoms with E-state index in [1.165, 1.54) is 0 Å². The molecule has 0 radical (unpaired) electrons. The van der Waals surface area contributed by atoms with Crippen molar-refractivity contribution in [2.45, 2.75) is 19.9 Å². The fourth-order valence-electron chi connectivity index (χ4n) is 1.48. The minimum absolute atomic E-state index is 0.140. The summed E-state index contributed by atoms with van der Waals surface area (Å²) in [7, 11) is 0. The van der Waals surface area contributed by atoms with Crippen LogP contribution in [-0.4, -0.2) is 17.6 Å². The van der Waals surface area contributed by atoms with E-state index in [9.17, 15) is 0 Å². The van der Waals surface area contributed by atoms with Gasteiger partial charge in [-0.1, -0.05) is 35.5 Å². The van der Waals surface area contributed by atoms with Crippen LogP contribution >= 0.6 is 0 Å². The van der Waals surface area contributed by atoms with Crippen molar-refractivity contribution in [3.63, 3.8) is 0 Å². The summed E-state index contributed by atoms with van der Waals surface area (Å²) in [6.07, 6.45) is 5.19. The number of nitrogens with two attached hydrogens (primary N) is 1. The van der Waals surface area contributed by atoms with Gasteiger partial charge < -0.3 is 16.3 Å². The first-order valence-corrected chi connectivity index (χ1v) is 5.66. The molecule has 0 unspecified atom stereocenters. The molecule has 0 saturated heterocycles. The molecule has 4 heteroatoms. The number of allylic oxidation sites excluding steroid dienone is 1. The highest BCUT2D eigenvalue weighted by atomic mass is 16.4. The Morgan fingerprint density at radius 3 is 3.06 bits per heavy atom. The molecule has 1 aromatic carbocycles. The van der Waals surface area contributed by atoms with Gasteiger partial charge in [-0.3, -0.25) is 0 Å². The van der Waals surface area contributed by atoms with Gasteiger partial charge in [0.15, 0.2) is 5.84 Å². The smallest absolute Gasteiger partial charge is 0.170 e. The minimum atomic E-state index is 0.140. The summed E-state index contributed by atoms with van der Waals surface area (Å²) in [6, 6.07) is 7.64. The molecule has 1 aromatic rings. The Kier molecular flexibility index (Phi) is 5.82. The zero-order chi connectivity index (χ0) is 12.5. The van der Waals surface area contributed by atoms with Gasteiger partial charge in [0.2, 0.25) is 0 Å². The maximum Gasteiger partial charge on any atom is 0.170 e. The maximum absolute atomic E-state index is 8.59. The molecule has 0 saturated carbocycles. The predicted molar refractivity (Wildman–Crippen MR) is 70.1 cm³/mol. The van der Waals surface area contributed by atoms with E-state index in [1.54, 1.807) is 0 Å². The van der Waals surface area contributed by atoms with E-state index in [1.807, 2.05) is 37.3 Å². The molecule has 0 aliphatic heterocycles. The first-order chi connectivity index (χ1) is 8.27. The monoisotopic (exact) mass is 233 g/mol. The average Bonchev–Trinajstić information content (AvgIpc) is 2.38. The second kappa shape index (κ2) is 7.46. The molecular formula is C13H19N3O. The van der Waals surface area contributed by atoms with Crippen molar-refractivity contribution >= 4 is 5.84 Å². The third-order valence-corrected chi connectivity index (χ3v) is 2.38. The second-order valence-electron chi connectivity index (χ2n) is 3.72. The third-order valence-electron chi connectivity index (χ3n) is 2.38. The second-order valence-corrected chi connectivity index (χ2v) is 3.72. The van der Waals surface area contributed by atoms with Gasteiger partial charge in [0, 0.05) is 12.1 Å². The molecule has 0 spiro atoms. The molecule has 92 valence electrons. The number of amidine groups is 1. The van der Waals surface area contributed by atoms with Gasteiger partial charge >= 0.3 is 0 Å². The van der Waals surface area contributed by atoms with Crippen LogP contribution in [0.1, 0.15) is 24.5 Å². The molecule has 0 heterocycles. The largest absolute Gasteiger partial charge is 0.409 e. The average molecular weight is 233 g/mol. The molecule has 1 rings (SSSR count). The van der Waals surface area contributed by atoms with E-state index in [-0.39, 0.29) is 5.84 Å². The Morgan fingerprint density at radius 2 is 2.35 bits per heavy atom. The van der Waals surface area contributed by atoms with E-state index in [0.29, 0.717) is 0 Å². The van der Waals surface area contributed by atoms with Gasteiger partial charge in [0.25, 0.3) is 0 Å². The molecule has 4 N–H and O–H groups in total. The first kappa shape index (κ1) is 13.3. The quantitative estimate of drug-likeness (QED) is 0.175. The number of oxime groups is 1. The normalized spacial score (nSPS) is 12.2. The maximum atomic E-state index is 8.59. The van der Waals surface area contributed by atoms with Crippen LogP contribution in [0.2, 0.25) is 0 Å². The number of rotatable bonds is 6. The van der Waals surface area contributed by atoms with Crippen molar-refractivity contribution in [1.82, 2.24) is 5.32 Å².